The van der Waals surface area contributed by atoms with E-state index in [1.54, 1.807) is 44.2 Å². The lowest BCUT2D eigenvalue weighted by atomic mass is 10.1. The molecule has 0 bridgehead atoms. The number of hydrogen-bond acceptors (Lipinski definition) is 6. The quantitative estimate of drug-likeness (QED) is 0.582. The molecule has 0 radical (unpaired) electrons. The molecular formula is C14H20NO6P. The van der Waals surface area contributed by atoms with Crippen molar-refractivity contribution in [3.8, 4) is 0 Å². The van der Waals surface area contributed by atoms with E-state index in [1.165, 1.54) is 0 Å². The lowest BCUT2D eigenvalue weighted by Crippen LogP contribution is -2.41. The van der Waals surface area contributed by atoms with E-state index < -0.39 is 25.3 Å². The van der Waals surface area contributed by atoms with Gasteiger partial charge in [-0.05, 0) is 13.8 Å². The fourth-order valence-electron chi connectivity index (χ4n) is 1.77. The summed E-state index contributed by atoms with van der Waals surface area (Å²) in [7, 11) is -2.74. The zero-order valence-corrected chi connectivity index (χ0v) is 13.7. The number of nitrogens with one attached hydrogen (secondary N) is 1. The van der Waals surface area contributed by atoms with Gasteiger partial charge in [0.25, 0.3) is 0 Å². The van der Waals surface area contributed by atoms with Gasteiger partial charge in [-0.2, -0.15) is 0 Å². The van der Waals surface area contributed by atoms with E-state index in [4.69, 9.17) is 9.05 Å². The number of alkyl carbamates (subject to hydrolysis) is 1. The highest BCUT2D eigenvalue weighted by Crippen LogP contribution is 2.52. The van der Waals surface area contributed by atoms with E-state index in [9.17, 15) is 14.2 Å². The van der Waals surface area contributed by atoms with Crippen LogP contribution in [0.2, 0.25) is 0 Å². The highest BCUT2D eigenvalue weighted by molar-refractivity contribution is 7.55. The number of amides is 1. The summed E-state index contributed by atoms with van der Waals surface area (Å²) < 4.78 is 27.7. The summed E-state index contributed by atoms with van der Waals surface area (Å²) in [5.41, 5.74) is 0.281. The van der Waals surface area contributed by atoms with Crippen molar-refractivity contribution in [1.82, 2.24) is 5.32 Å². The minimum Gasteiger partial charge on any atom is -0.453 e. The number of hydrogen-bond donors (Lipinski definition) is 1. The van der Waals surface area contributed by atoms with Crippen LogP contribution in [0.15, 0.2) is 30.3 Å². The summed E-state index contributed by atoms with van der Waals surface area (Å²) in [4.78, 5) is 24.1. The molecule has 1 aromatic carbocycles. The van der Waals surface area contributed by atoms with E-state index in [1.807, 2.05) is 0 Å². The van der Waals surface area contributed by atoms with Crippen molar-refractivity contribution >= 4 is 19.5 Å². The Morgan fingerprint density at radius 2 is 1.68 bits per heavy atom. The average Bonchev–Trinajstić information content (AvgIpc) is 2.53. The molecule has 8 heteroatoms. The Balaban J connectivity index is 3.18. The van der Waals surface area contributed by atoms with E-state index in [0.29, 0.717) is 0 Å². The molecule has 1 N–H and O–H groups in total. The molecule has 7 nitrogen and oxygen atoms in total. The van der Waals surface area contributed by atoms with E-state index >= 15 is 0 Å². The summed E-state index contributed by atoms with van der Waals surface area (Å²) in [5.74, 6) is -2.04. The summed E-state index contributed by atoms with van der Waals surface area (Å²) in [6, 6.07) is 8.17. The van der Waals surface area contributed by atoms with E-state index in [2.05, 4.69) is 10.1 Å². The third-order valence-corrected chi connectivity index (χ3v) is 4.91. The van der Waals surface area contributed by atoms with Gasteiger partial charge >= 0.3 is 13.7 Å². The molecular weight excluding hydrogens is 309 g/mol. The summed E-state index contributed by atoms with van der Waals surface area (Å²) in [6.07, 6.45) is -0.895. The van der Waals surface area contributed by atoms with Crippen LogP contribution in [0, 0.1) is 0 Å². The number of benzene rings is 1. The molecule has 0 heterocycles. The number of methoxy groups -OCH3 is 1. The van der Waals surface area contributed by atoms with E-state index in [0.717, 1.165) is 7.11 Å². The van der Waals surface area contributed by atoms with Gasteiger partial charge in [0.1, 0.15) is 0 Å². The van der Waals surface area contributed by atoms with Crippen molar-refractivity contribution in [2.45, 2.75) is 19.6 Å². The first-order chi connectivity index (χ1) is 10.5. The first-order valence-electron chi connectivity index (χ1n) is 6.81. The Hall–Kier alpha value is -1.69. The van der Waals surface area contributed by atoms with E-state index in [-0.39, 0.29) is 18.8 Å². The first-order valence-corrected chi connectivity index (χ1v) is 8.42. The monoisotopic (exact) mass is 329 g/mol. The van der Waals surface area contributed by atoms with Gasteiger partial charge in [0.15, 0.2) is 11.6 Å². The molecule has 1 atom stereocenters. The molecule has 22 heavy (non-hydrogen) atoms. The zero-order chi connectivity index (χ0) is 16.6. The lowest BCUT2D eigenvalue weighted by Gasteiger charge is -2.25. The van der Waals surface area contributed by atoms with Gasteiger partial charge in [0.2, 0.25) is 0 Å². The standard InChI is InChI=1S/C14H20NO6P/c1-4-20-22(18,21-5-2)13(15-14(17)19-3)12(16)11-9-7-6-8-10-11/h6-10,13H,4-5H2,1-3H3,(H,15,17)/t13-/m1/s1. The normalized spacial score (nSPS) is 12.5. The number of carbonyl (C=O) groups is 2. The number of ether oxygens (including phenoxy) is 1. The topological polar surface area (TPSA) is 90.9 Å². The largest absolute Gasteiger partial charge is 0.453 e. The molecule has 0 saturated carbocycles. The van der Waals surface area contributed by atoms with Gasteiger partial charge in [-0.3, -0.25) is 9.36 Å². The van der Waals surface area contributed by atoms with Crippen molar-refractivity contribution in [3.63, 3.8) is 0 Å². The fraction of sp³-hybridized carbons (Fsp3) is 0.429. The Labute approximate surface area is 129 Å². The van der Waals surface area contributed by atoms with Crippen LogP contribution < -0.4 is 5.32 Å². The molecule has 0 unspecified atom stereocenters. The van der Waals surface area contributed by atoms with Crippen molar-refractivity contribution in [2.24, 2.45) is 0 Å². The molecule has 0 saturated heterocycles. The highest BCUT2D eigenvalue weighted by Gasteiger charge is 2.42. The molecule has 0 spiro atoms. The van der Waals surface area contributed by atoms with Crippen molar-refractivity contribution < 1.29 is 27.9 Å². The predicted molar refractivity (Wildman–Crippen MR) is 81.0 cm³/mol. The Kier molecular flexibility index (Phi) is 7.24. The second-order valence-corrected chi connectivity index (χ2v) is 6.26. The van der Waals surface area contributed by atoms with Crippen LogP contribution in [-0.4, -0.2) is 38.0 Å². The van der Waals surface area contributed by atoms with Gasteiger partial charge in [-0.25, -0.2) is 4.79 Å². The molecule has 0 fully saturated rings. The number of rotatable bonds is 8. The third kappa shape index (κ3) is 4.66. The van der Waals surface area contributed by atoms with Crippen LogP contribution in [0.4, 0.5) is 4.79 Å². The second kappa shape index (κ2) is 8.68. The van der Waals surface area contributed by atoms with Crippen LogP contribution in [0.3, 0.4) is 0 Å². The highest BCUT2D eigenvalue weighted by atomic mass is 31.2. The molecule has 0 aromatic heterocycles. The number of carbonyl (C=O) groups excluding carboxylic acids is 2. The summed E-state index contributed by atoms with van der Waals surface area (Å²) in [5, 5.41) is 2.25. The SMILES string of the molecule is CCOP(=O)(OCC)[C@@H](NC(=O)OC)C(=O)c1ccccc1. The fourth-order valence-corrected chi connectivity index (χ4v) is 3.56. The molecule has 0 aliphatic rings. The maximum atomic E-state index is 12.8. The van der Waals surface area contributed by atoms with Crippen LogP contribution >= 0.6 is 7.60 Å². The van der Waals surface area contributed by atoms with Gasteiger partial charge in [0.05, 0.1) is 20.3 Å². The average molecular weight is 329 g/mol. The summed E-state index contributed by atoms with van der Waals surface area (Å²) in [6.45, 7) is 3.37. The lowest BCUT2D eigenvalue weighted by molar-refractivity contribution is 0.0941. The molecule has 1 aromatic rings. The minimum absolute atomic E-state index is 0.0682. The van der Waals surface area contributed by atoms with Gasteiger partial charge in [-0.15, -0.1) is 0 Å². The van der Waals surface area contributed by atoms with Crippen LogP contribution in [0.5, 0.6) is 0 Å². The Morgan fingerprint density at radius 3 is 2.14 bits per heavy atom. The molecule has 1 rings (SSSR count). The molecule has 0 aliphatic heterocycles. The van der Waals surface area contributed by atoms with Crippen LogP contribution in [-0.2, 0) is 18.3 Å². The minimum atomic E-state index is -3.88. The van der Waals surface area contributed by atoms with Crippen molar-refractivity contribution in [1.29, 1.82) is 0 Å². The Morgan fingerprint density at radius 1 is 1.14 bits per heavy atom. The number of ketones is 1. The van der Waals surface area contributed by atoms with Crippen LogP contribution in [0.1, 0.15) is 24.2 Å². The van der Waals surface area contributed by atoms with Gasteiger partial charge in [-0.1, -0.05) is 30.3 Å². The summed E-state index contributed by atoms with van der Waals surface area (Å²) >= 11 is 0. The maximum Gasteiger partial charge on any atom is 0.407 e. The molecule has 1 amide bonds. The molecule has 122 valence electrons. The smallest absolute Gasteiger partial charge is 0.407 e. The Bertz CT molecular complexity index is 538. The van der Waals surface area contributed by atoms with Crippen molar-refractivity contribution in [3.05, 3.63) is 35.9 Å². The van der Waals surface area contributed by atoms with Crippen molar-refractivity contribution in [2.75, 3.05) is 20.3 Å². The van der Waals surface area contributed by atoms with Gasteiger partial charge in [0, 0.05) is 5.56 Å². The second-order valence-electron chi connectivity index (χ2n) is 4.14. The first kappa shape index (κ1) is 18.4. The molecule has 0 aliphatic carbocycles. The van der Waals surface area contributed by atoms with Crippen LogP contribution in [0.25, 0.3) is 0 Å². The zero-order valence-electron chi connectivity index (χ0n) is 12.8. The van der Waals surface area contributed by atoms with Gasteiger partial charge < -0.3 is 19.1 Å². The maximum absolute atomic E-state index is 12.8. The third-order valence-electron chi connectivity index (χ3n) is 2.68. The predicted octanol–water partition coefficient (Wildman–Crippen LogP) is 2.82. The number of Topliss-reactive ketones (excluding diaryl/α,β-unsaturated/α-hetero) is 1.